The summed E-state index contributed by atoms with van der Waals surface area (Å²) in [6, 6.07) is 7.55. The lowest BCUT2D eigenvalue weighted by Gasteiger charge is -2.13. The molecule has 6 nitrogen and oxygen atoms in total. The number of benzene rings is 1. The SMILES string of the molecule is CSc1nc(C)c(CCC(=O)OC(C)C(=O)c2c[nH]c3ccccc23)c(C)n1. The molecule has 0 aliphatic carbocycles. The van der Waals surface area contributed by atoms with E-state index in [1.807, 2.05) is 44.4 Å². The Morgan fingerprint density at radius 2 is 1.86 bits per heavy atom. The van der Waals surface area contributed by atoms with Crippen LogP contribution in [0.2, 0.25) is 0 Å². The second-order valence-electron chi connectivity index (χ2n) is 6.60. The number of ketones is 1. The largest absolute Gasteiger partial charge is 0.454 e. The molecule has 7 heteroatoms. The van der Waals surface area contributed by atoms with Crippen LogP contribution >= 0.6 is 11.8 Å². The molecule has 0 bridgehead atoms. The highest BCUT2D eigenvalue weighted by Crippen LogP contribution is 2.21. The number of nitrogens with one attached hydrogen (secondary N) is 1. The van der Waals surface area contributed by atoms with E-state index in [1.165, 1.54) is 11.8 Å². The van der Waals surface area contributed by atoms with Gasteiger partial charge >= 0.3 is 5.97 Å². The number of aromatic amines is 1. The Balaban J connectivity index is 1.62. The van der Waals surface area contributed by atoms with Crippen molar-refractivity contribution >= 4 is 34.4 Å². The summed E-state index contributed by atoms with van der Waals surface area (Å²) in [5, 5.41) is 1.55. The van der Waals surface area contributed by atoms with E-state index in [0.29, 0.717) is 12.0 Å². The summed E-state index contributed by atoms with van der Waals surface area (Å²) in [4.78, 5) is 36.9. The minimum absolute atomic E-state index is 0.176. The molecule has 2 heterocycles. The van der Waals surface area contributed by atoms with Gasteiger partial charge in [0.25, 0.3) is 0 Å². The van der Waals surface area contributed by atoms with Crippen molar-refractivity contribution in [2.45, 2.75) is 44.9 Å². The zero-order valence-corrected chi connectivity index (χ0v) is 17.2. The summed E-state index contributed by atoms with van der Waals surface area (Å²) in [7, 11) is 0. The third-order valence-electron chi connectivity index (χ3n) is 4.69. The van der Waals surface area contributed by atoms with Crippen LogP contribution < -0.4 is 0 Å². The number of para-hydroxylation sites is 1. The lowest BCUT2D eigenvalue weighted by Crippen LogP contribution is -2.24. The van der Waals surface area contributed by atoms with E-state index < -0.39 is 12.1 Å². The van der Waals surface area contributed by atoms with E-state index in [2.05, 4.69) is 15.0 Å². The first kappa shape index (κ1) is 20.1. The van der Waals surface area contributed by atoms with Crippen LogP contribution in [-0.2, 0) is 16.0 Å². The highest BCUT2D eigenvalue weighted by molar-refractivity contribution is 7.98. The fourth-order valence-electron chi connectivity index (χ4n) is 3.19. The Labute approximate surface area is 168 Å². The fourth-order valence-corrected chi connectivity index (χ4v) is 3.65. The second-order valence-corrected chi connectivity index (χ2v) is 7.38. The lowest BCUT2D eigenvalue weighted by molar-refractivity contribution is -0.146. The fraction of sp³-hybridized carbons (Fsp3) is 0.333. The van der Waals surface area contributed by atoms with Crippen molar-refractivity contribution in [3.05, 3.63) is 53.0 Å². The minimum Gasteiger partial charge on any atom is -0.454 e. The zero-order chi connectivity index (χ0) is 20.3. The van der Waals surface area contributed by atoms with Gasteiger partial charge in [-0.1, -0.05) is 30.0 Å². The first-order valence-electron chi connectivity index (χ1n) is 9.08. The highest BCUT2D eigenvalue weighted by atomic mass is 32.2. The maximum Gasteiger partial charge on any atom is 0.306 e. The number of H-pyrrole nitrogens is 1. The lowest BCUT2D eigenvalue weighted by atomic mass is 10.1. The van der Waals surface area contributed by atoms with Crippen molar-refractivity contribution in [1.82, 2.24) is 15.0 Å². The molecule has 3 aromatic rings. The third-order valence-corrected chi connectivity index (χ3v) is 5.24. The van der Waals surface area contributed by atoms with Crippen molar-refractivity contribution in [1.29, 1.82) is 0 Å². The van der Waals surface area contributed by atoms with Crippen molar-refractivity contribution < 1.29 is 14.3 Å². The van der Waals surface area contributed by atoms with Gasteiger partial charge in [-0.2, -0.15) is 0 Å². The van der Waals surface area contributed by atoms with Gasteiger partial charge in [0.2, 0.25) is 5.78 Å². The van der Waals surface area contributed by atoms with Crippen LogP contribution in [0.5, 0.6) is 0 Å². The molecule has 0 saturated carbocycles. The van der Waals surface area contributed by atoms with Crippen LogP contribution in [0.15, 0.2) is 35.6 Å². The Morgan fingerprint density at radius 1 is 1.18 bits per heavy atom. The standard InChI is InChI=1S/C21H23N3O3S/c1-12-15(13(2)24-21(23-12)28-4)9-10-19(25)27-14(3)20(26)17-11-22-18-8-6-5-7-16(17)18/h5-8,11,14,22H,9-10H2,1-4H3. The molecule has 1 N–H and O–H groups in total. The van der Waals surface area contributed by atoms with E-state index in [9.17, 15) is 9.59 Å². The number of ether oxygens (including phenoxy) is 1. The number of aromatic nitrogens is 3. The number of thioether (sulfide) groups is 1. The predicted octanol–water partition coefficient (Wildman–Crippen LogP) is 4.04. The quantitative estimate of drug-likeness (QED) is 0.280. The average molecular weight is 398 g/mol. The highest BCUT2D eigenvalue weighted by Gasteiger charge is 2.22. The van der Waals surface area contributed by atoms with Gasteiger partial charge < -0.3 is 9.72 Å². The van der Waals surface area contributed by atoms with Gasteiger partial charge in [-0.15, -0.1) is 0 Å². The van der Waals surface area contributed by atoms with Gasteiger partial charge in [-0.3, -0.25) is 9.59 Å². The van der Waals surface area contributed by atoms with Crippen molar-refractivity contribution in [2.24, 2.45) is 0 Å². The molecule has 28 heavy (non-hydrogen) atoms. The molecule has 0 aliphatic rings. The number of carbonyl (C=O) groups excluding carboxylic acids is 2. The van der Waals surface area contributed by atoms with Crippen LogP contribution in [0.4, 0.5) is 0 Å². The third kappa shape index (κ3) is 4.25. The van der Waals surface area contributed by atoms with E-state index in [4.69, 9.17) is 4.74 Å². The van der Waals surface area contributed by atoms with Gasteiger partial charge in [-0.05, 0) is 45.1 Å². The maximum atomic E-state index is 12.7. The maximum absolute atomic E-state index is 12.7. The second kappa shape index (κ2) is 8.56. The Kier molecular flexibility index (Phi) is 6.14. The normalized spacial score (nSPS) is 12.1. The van der Waals surface area contributed by atoms with Crippen LogP contribution in [0.3, 0.4) is 0 Å². The van der Waals surface area contributed by atoms with E-state index >= 15 is 0 Å². The number of nitrogens with zero attached hydrogens (tertiary/aromatic N) is 2. The summed E-state index contributed by atoms with van der Waals surface area (Å²) < 4.78 is 5.38. The van der Waals surface area contributed by atoms with Gasteiger partial charge in [0, 0.05) is 40.5 Å². The van der Waals surface area contributed by atoms with Gasteiger partial charge in [-0.25, -0.2) is 9.97 Å². The van der Waals surface area contributed by atoms with Crippen LogP contribution in [-0.4, -0.2) is 39.1 Å². The molecule has 1 aromatic carbocycles. The number of aryl methyl sites for hydroxylation is 2. The predicted molar refractivity (Wildman–Crippen MR) is 110 cm³/mol. The van der Waals surface area contributed by atoms with E-state index in [0.717, 1.165) is 33.0 Å². The Morgan fingerprint density at radius 3 is 2.54 bits per heavy atom. The molecule has 0 fully saturated rings. The summed E-state index contributed by atoms with van der Waals surface area (Å²) in [6.07, 6.45) is 3.41. The molecule has 0 radical (unpaired) electrons. The number of Topliss-reactive ketones (excluding diaryl/α,β-unsaturated/α-hetero) is 1. The summed E-state index contributed by atoms with van der Waals surface area (Å²) >= 11 is 1.49. The number of hydrogen-bond acceptors (Lipinski definition) is 6. The van der Waals surface area contributed by atoms with Crippen LogP contribution in [0, 0.1) is 13.8 Å². The zero-order valence-electron chi connectivity index (χ0n) is 16.4. The van der Waals surface area contributed by atoms with Crippen LogP contribution in [0.1, 0.15) is 40.7 Å². The Bertz CT molecular complexity index is 1010. The van der Waals surface area contributed by atoms with Gasteiger partial charge in [0.15, 0.2) is 11.3 Å². The number of fused-ring (bicyclic) bond motifs is 1. The molecule has 1 unspecified atom stereocenters. The van der Waals surface area contributed by atoms with Crippen molar-refractivity contribution in [3.63, 3.8) is 0 Å². The molecule has 2 aromatic heterocycles. The average Bonchev–Trinajstić information content (AvgIpc) is 3.10. The molecule has 0 aliphatic heterocycles. The number of rotatable bonds is 7. The monoisotopic (exact) mass is 397 g/mol. The van der Waals surface area contributed by atoms with Gasteiger partial charge in [0.05, 0.1) is 0 Å². The van der Waals surface area contributed by atoms with E-state index in [1.54, 1.807) is 13.1 Å². The van der Waals surface area contributed by atoms with E-state index in [-0.39, 0.29) is 12.2 Å². The smallest absolute Gasteiger partial charge is 0.306 e. The molecular formula is C21H23N3O3S. The molecule has 0 saturated heterocycles. The molecule has 1 atom stereocenters. The first-order valence-corrected chi connectivity index (χ1v) is 10.3. The summed E-state index contributed by atoms with van der Waals surface area (Å²) in [6.45, 7) is 5.44. The van der Waals surface area contributed by atoms with Crippen molar-refractivity contribution in [3.8, 4) is 0 Å². The molecular weight excluding hydrogens is 374 g/mol. The first-order chi connectivity index (χ1) is 13.4. The van der Waals surface area contributed by atoms with Crippen LogP contribution in [0.25, 0.3) is 10.9 Å². The molecule has 3 rings (SSSR count). The summed E-state index contributed by atoms with van der Waals surface area (Å²) in [5.74, 6) is -0.626. The minimum atomic E-state index is -0.844. The number of esters is 1. The molecule has 0 amide bonds. The number of carbonyl (C=O) groups is 2. The molecule has 0 spiro atoms. The Hall–Kier alpha value is -2.67. The van der Waals surface area contributed by atoms with Gasteiger partial charge in [0.1, 0.15) is 0 Å². The topological polar surface area (TPSA) is 84.9 Å². The number of hydrogen-bond donors (Lipinski definition) is 1. The van der Waals surface area contributed by atoms with Crippen molar-refractivity contribution in [2.75, 3.05) is 6.26 Å². The molecule has 146 valence electrons. The summed E-state index contributed by atoms with van der Waals surface area (Å²) in [5.41, 5.74) is 4.10.